The smallest absolute Gasteiger partial charge is 0.381 e. The van der Waals surface area contributed by atoms with E-state index in [-0.39, 0.29) is 11.4 Å². The largest absolute Gasteiger partial charge is 0.417 e. The summed E-state index contributed by atoms with van der Waals surface area (Å²) in [6, 6.07) is 4.63. The van der Waals surface area contributed by atoms with Crippen molar-refractivity contribution in [3.8, 4) is 5.82 Å². The number of anilines is 1. The van der Waals surface area contributed by atoms with Gasteiger partial charge in [-0.05, 0) is 62.4 Å². The first-order valence-electron chi connectivity index (χ1n) is 12.6. The number of nitrogens with one attached hydrogen (secondary N) is 1. The first-order chi connectivity index (χ1) is 18.2. The van der Waals surface area contributed by atoms with Gasteiger partial charge in [-0.1, -0.05) is 6.08 Å². The second-order valence-corrected chi connectivity index (χ2v) is 9.62. The Bertz CT molecular complexity index is 1340. The van der Waals surface area contributed by atoms with Crippen LogP contribution in [0.4, 0.5) is 18.9 Å². The second-order valence-electron chi connectivity index (χ2n) is 9.62. The fourth-order valence-electron chi connectivity index (χ4n) is 5.00. The number of pyridine rings is 2. The zero-order valence-corrected chi connectivity index (χ0v) is 21.3. The number of carbonyl (C=O) groups excluding carboxylic acids is 1. The van der Waals surface area contributed by atoms with Crippen LogP contribution in [-0.4, -0.2) is 62.9 Å². The molecule has 0 atom stereocenters. The van der Waals surface area contributed by atoms with Crippen molar-refractivity contribution < 1.29 is 22.7 Å². The van der Waals surface area contributed by atoms with Gasteiger partial charge in [0.1, 0.15) is 0 Å². The normalized spacial score (nSPS) is 17.3. The maximum absolute atomic E-state index is 13.0. The van der Waals surface area contributed by atoms with Gasteiger partial charge in [0.25, 0.3) is 5.91 Å². The number of aromatic nitrogens is 4. The average molecular weight is 527 g/mol. The molecule has 11 heteroatoms. The highest BCUT2D eigenvalue weighted by Crippen LogP contribution is 2.30. The standard InChI is InChI=1S/C27H29F3N6O2/c1-17-13-21(15-32-25(17)19-5-9-35(10-6-19)22-7-11-38-12-8-22)34-26(37)23-16-33-36(18(23)2)24-4-3-20(14-31-24)27(28,29)30/h3-5,13-16,22H,6-12H2,1-2H3,(H,34,37). The molecule has 2 aliphatic rings. The highest BCUT2D eigenvalue weighted by Gasteiger charge is 2.31. The van der Waals surface area contributed by atoms with Gasteiger partial charge in [0.2, 0.25) is 0 Å². The van der Waals surface area contributed by atoms with E-state index < -0.39 is 17.6 Å². The molecule has 0 aromatic carbocycles. The predicted octanol–water partition coefficient (Wildman–Crippen LogP) is 4.82. The van der Waals surface area contributed by atoms with Crippen LogP contribution >= 0.6 is 0 Å². The Morgan fingerprint density at radius 1 is 1.11 bits per heavy atom. The molecule has 5 rings (SSSR count). The zero-order valence-electron chi connectivity index (χ0n) is 21.3. The molecule has 1 fully saturated rings. The van der Waals surface area contributed by atoms with Crippen molar-refractivity contribution in [1.82, 2.24) is 24.6 Å². The maximum Gasteiger partial charge on any atom is 0.417 e. The van der Waals surface area contributed by atoms with Crippen LogP contribution in [0.15, 0.2) is 42.9 Å². The summed E-state index contributed by atoms with van der Waals surface area (Å²) in [7, 11) is 0. The van der Waals surface area contributed by atoms with Crippen LogP contribution < -0.4 is 5.32 Å². The Morgan fingerprint density at radius 2 is 1.89 bits per heavy atom. The van der Waals surface area contributed by atoms with Gasteiger partial charge in [-0.2, -0.15) is 18.3 Å². The molecule has 0 radical (unpaired) electrons. The van der Waals surface area contributed by atoms with E-state index in [2.05, 4.69) is 31.4 Å². The zero-order chi connectivity index (χ0) is 26.9. The Morgan fingerprint density at radius 3 is 2.53 bits per heavy atom. The average Bonchev–Trinajstić information content (AvgIpc) is 3.30. The summed E-state index contributed by atoms with van der Waals surface area (Å²) in [4.78, 5) is 24.0. The van der Waals surface area contributed by atoms with E-state index >= 15 is 0 Å². The molecular formula is C27H29F3N6O2. The van der Waals surface area contributed by atoms with Crippen molar-refractivity contribution >= 4 is 17.2 Å². The molecule has 1 saturated heterocycles. The molecule has 2 aliphatic heterocycles. The number of hydrogen-bond donors (Lipinski definition) is 1. The van der Waals surface area contributed by atoms with Gasteiger partial charge < -0.3 is 10.1 Å². The molecule has 8 nitrogen and oxygen atoms in total. The number of hydrogen-bond acceptors (Lipinski definition) is 6. The monoisotopic (exact) mass is 526 g/mol. The Balaban J connectivity index is 1.25. The Labute approximate surface area is 218 Å². The number of ether oxygens (including phenoxy) is 1. The lowest BCUT2D eigenvalue weighted by Gasteiger charge is -2.36. The molecule has 0 unspecified atom stereocenters. The lowest BCUT2D eigenvalue weighted by atomic mass is 9.98. The first kappa shape index (κ1) is 26.1. The number of carbonyl (C=O) groups is 1. The number of rotatable bonds is 5. The van der Waals surface area contributed by atoms with E-state index in [1.807, 2.05) is 13.0 Å². The van der Waals surface area contributed by atoms with Crippen LogP contribution in [0.2, 0.25) is 0 Å². The molecule has 0 bridgehead atoms. The van der Waals surface area contributed by atoms with Gasteiger partial charge >= 0.3 is 6.18 Å². The van der Waals surface area contributed by atoms with Crippen molar-refractivity contribution in [1.29, 1.82) is 0 Å². The van der Waals surface area contributed by atoms with Crippen molar-refractivity contribution in [2.75, 3.05) is 31.6 Å². The molecule has 0 aliphatic carbocycles. The molecule has 200 valence electrons. The van der Waals surface area contributed by atoms with E-state index in [0.717, 1.165) is 69.1 Å². The van der Waals surface area contributed by atoms with Gasteiger partial charge in [0, 0.05) is 38.5 Å². The van der Waals surface area contributed by atoms with Gasteiger partial charge in [0.15, 0.2) is 5.82 Å². The highest BCUT2D eigenvalue weighted by atomic mass is 19.4. The van der Waals surface area contributed by atoms with Crippen LogP contribution in [0.3, 0.4) is 0 Å². The number of halogens is 3. The van der Waals surface area contributed by atoms with Crippen molar-refractivity contribution in [3.05, 3.63) is 70.9 Å². The van der Waals surface area contributed by atoms with E-state index in [1.54, 1.807) is 13.1 Å². The van der Waals surface area contributed by atoms with Crippen LogP contribution in [0.5, 0.6) is 0 Å². The number of nitrogens with zero attached hydrogens (tertiary/aromatic N) is 5. The van der Waals surface area contributed by atoms with Crippen LogP contribution in [0, 0.1) is 13.8 Å². The summed E-state index contributed by atoms with van der Waals surface area (Å²) < 4.78 is 45.3. The van der Waals surface area contributed by atoms with E-state index in [4.69, 9.17) is 4.74 Å². The minimum Gasteiger partial charge on any atom is -0.381 e. The third kappa shape index (κ3) is 5.48. The van der Waals surface area contributed by atoms with Gasteiger partial charge in [-0.15, -0.1) is 0 Å². The number of alkyl halides is 3. The molecule has 0 spiro atoms. The van der Waals surface area contributed by atoms with Crippen molar-refractivity contribution in [3.63, 3.8) is 0 Å². The summed E-state index contributed by atoms with van der Waals surface area (Å²) in [6.45, 7) is 7.19. The predicted molar refractivity (Wildman–Crippen MR) is 136 cm³/mol. The Hall–Kier alpha value is -3.57. The summed E-state index contributed by atoms with van der Waals surface area (Å²) >= 11 is 0. The van der Waals surface area contributed by atoms with E-state index in [0.29, 0.717) is 17.4 Å². The highest BCUT2D eigenvalue weighted by molar-refractivity contribution is 6.05. The minimum atomic E-state index is -4.48. The minimum absolute atomic E-state index is 0.188. The van der Waals surface area contributed by atoms with Crippen LogP contribution in [0.1, 0.15) is 52.1 Å². The molecule has 1 N–H and O–H groups in total. The fourth-order valence-corrected chi connectivity index (χ4v) is 5.00. The first-order valence-corrected chi connectivity index (χ1v) is 12.6. The molecule has 38 heavy (non-hydrogen) atoms. The third-order valence-corrected chi connectivity index (χ3v) is 7.13. The maximum atomic E-state index is 13.0. The van der Waals surface area contributed by atoms with Gasteiger partial charge in [-0.3, -0.25) is 14.7 Å². The molecule has 5 heterocycles. The lowest BCUT2D eigenvalue weighted by Crippen LogP contribution is -2.41. The van der Waals surface area contributed by atoms with Gasteiger partial charge in [0.05, 0.1) is 40.6 Å². The van der Waals surface area contributed by atoms with Crippen LogP contribution in [-0.2, 0) is 10.9 Å². The number of aryl methyl sites for hydroxylation is 1. The van der Waals surface area contributed by atoms with E-state index in [9.17, 15) is 18.0 Å². The Kier molecular flexibility index (Phi) is 7.31. The van der Waals surface area contributed by atoms with Crippen molar-refractivity contribution in [2.45, 2.75) is 45.3 Å². The fraction of sp³-hybridized carbons (Fsp3) is 0.407. The topological polar surface area (TPSA) is 85.2 Å². The van der Waals surface area contributed by atoms with Crippen LogP contribution in [0.25, 0.3) is 11.4 Å². The molecule has 3 aromatic rings. The molecular weight excluding hydrogens is 497 g/mol. The summed E-state index contributed by atoms with van der Waals surface area (Å²) in [6.07, 6.45) is 4.61. The van der Waals surface area contributed by atoms with Crippen molar-refractivity contribution in [2.24, 2.45) is 0 Å². The second kappa shape index (κ2) is 10.7. The molecule has 3 aromatic heterocycles. The number of amides is 1. The summed E-state index contributed by atoms with van der Waals surface area (Å²) in [5.41, 5.74) is 3.56. The SMILES string of the molecule is Cc1cc(NC(=O)c2cnn(-c3ccc(C(F)(F)F)cn3)c2C)cnc1C1=CCN(C2CCOCC2)CC1. The van der Waals surface area contributed by atoms with Gasteiger partial charge in [-0.25, -0.2) is 9.67 Å². The molecule has 1 amide bonds. The lowest BCUT2D eigenvalue weighted by molar-refractivity contribution is -0.137. The summed E-state index contributed by atoms with van der Waals surface area (Å²) in [5.74, 6) is -0.203. The summed E-state index contributed by atoms with van der Waals surface area (Å²) in [5, 5.41) is 7.00. The molecule has 0 saturated carbocycles. The third-order valence-electron chi connectivity index (χ3n) is 7.13. The van der Waals surface area contributed by atoms with E-state index in [1.165, 1.54) is 22.5 Å². The quantitative estimate of drug-likeness (QED) is 0.513.